The number of alkyl halides is 2. The molecule has 0 aliphatic rings. The molecule has 0 spiro atoms. The minimum absolute atomic E-state index is 0.170. The lowest BCUT2D eigenvalue weighted by atomic mass is 10.1. The number of benzene rings is 2. The van der Waals surface area contributed by atoms with Crippen LogP contribution < -0.4 is 5.32 Å². The molecule has 2 aromatic rings. The Labute approximate surface area is 143 Å². The van der Waals surface area contributed by atoms with Crippen LogP contribution in [0.1, 0.15) is 28.9 Å². The summed E-state index contributed by atoms with van der Waals surface area (Å²) in [6.07, 6.45) is 0. The Morgan fingerprint density at radius 1 is 1.04 bits per heavy atom. The molecule has 0 radical (unpaired) electrons. The molecule has 0 bridgehead atoms. The number of sulfone groups is 1. The second-order valence-corrected chi connectivity index (χ2v) is 7.43. The van der Waals surface area contributed by atoms with Crippen LogP contribution >= 0.6 is 11.6 Å². The van der Waals surface area contributed by atoms with Gasteiger partial charge in [0, 0.05) is 10.6 Å². The Morgan fingerprint density at radius 3 is 2.08 bits per heavy atom. The van der Waals surface area contributed by atoms with Crippen molar-refractivity contribution in [1.29, 1.82) is 0 Å². The second kappa shape index (κ2) is 7.27. The molecule has 4 nitrogen and oxygen atoms in total. The first kappa shape index (κ1) is 18.4. The van der Waals surface area contributed by atoms with Crippen LogP contribution in [0.15, 0.2) is 53.4 Å². The van der Waals surface area contributed by atoms with Gasteiger partial charge in [-0.2, -0.15) is 8.78 Å². The number of hydrogen-bond donors (Lipinski definition) is 1. The van der Waals surface area contributed by atoms with Gasteiger partial charge in [0.15, 0.2) is 0 Å². The van der Waals surface area contributed by atoms with Crippen molar-refractivity contribution < 1.29 is 22.0 Å². The first-order chi connectivity index (χ1) is 11.2. The minimum Gasteiger partial charge on any atom is -0.346 e. The third-order valence-corrected chi connectivity index (χ3v) is 5.05. The Kier molecular flexibility index (Phi) is 5.56. The van der Waals surface area contributed by atoms with Crippen LogP contribution in [-0.4, -0.2) is 20.1 Å². The van der Waals surface area contributed by atoms with Gasteiger partial charge >= 0.3 is 5.76 Å². The molecule has 0 saturated carbocycles. The summed E-state index contributed by atoms with van der Waals surface area (Å²) >= 11 is 5.80. The highest BCUT2D eigenvalue weighted by molar-refractivity contribution is 7.91. The predicted molar refractivity (Wildman–Crippen MR) is 87.0 cm³/mol. The zero-order valence-corrected chi connectivity index (χ0v) is 14.1. The maximum Gasteiger partial charge on any atom is 0.341 e. The van der Waals surface area contributed by atoms with Gasteiger partial charge in [-0.1, -0.05) is 23.7 Å². The molecule has 8 heteroatoms. The van der Waals surface area contributed by atoms with Crippen LogP contribution in [0.25, 0.3) is 0 Å². The summed E-state index contributed by atoms with van der Waals surface area (Å²) < 4.78 is 47.6. The Hall–Kier alpha value is -1.99. The van der Waals surface area contributed by atoms with Gasteiger partial charge in [-0.15, -0.1) is 0 Å². The van der Waals surface area contributed by atoms with E-state index in [9.17, 15) is 22.0 Å². The summed E-state index contributed by atoms with van der Waals surface area (Å²) in [5.41, 5.74) is 1.01. The number of carbonyl (C=O) groups is 1. The number of amides is 1. The monoisotopic (exact) mass is 373 g/mol. The van der Waals surface area contributed by atoms with Gasteiger partial charge in [-0.25, -0.2) is 8.42 Å². The van der Waals surface area contributed by atoms with Gasteiger partial charge in [0.1, 0.15) is 0 Å². The van der Waals surface area contributed by atoms with Crippen molar-refractivity contribution in [2.24, 2.45) is 0 Å². The van der Waals surface area contributed by atoms with Crippen molar-refractivity contribution in [3.05, 3.63) is 64.7 Å². The van der Waals surface area contributed by atoms with Crippen LogP contribution in [-0.2, 0) is 9.84 Å². The zero-order chi connectivity index (χ0) is 17.9. The molecule has 2 aromatic carbocycles. The standard InChI is InChI=1S/C16H14ClF2NO3S/c1-10(11-2-6-13(17)7-3-11)20-15(21)12-4-8-14(9-5-12)24(22,23)16(18)19/h2-10,16H,1H3,(H,20,21). The van der Waals surface area contributed by atoms with Crippen LogP contribution in [0, 0.1) is 0 Å². The molecule has 1 unspecified atom stereocenters. The average molecular weight is 374 g/mol. The summed E-state index contributed by atoms with van der Waals surface area (Å²) in [4.78, 5) is 11.6. The lowest BCUT2D eigenvalue weighted by Gasteiger charge is -2.14. The molecule has 1 N–H and O–H groups in total. The van der Waals surface area contributed by atoms with E-state index in [0.717, 1.165) is 17.7 Å². The fraction of sp³-hybridized carbons (Fsp3) is 0.188. The smallest absolute Gasteiger partial charge is 0.341 e. The molecule has 24 heavy (non-hydrogen) atoms. The third kappa shape index (κ3) is 4.10. The molecule has 0 aliphatic heterocycles. The SMILES string of the molecule is CC(NC(=O)c1ccc(S(=O)(=O)C(F)F)cc1)c1ccc(Cl)cc1. The number of nitrogens with one attached hydrogen (secondary N) is 1. The highest BCUT2D eigenvalue weighted by Gasteiger charge is 2.26. The lowest BCUT2D eigenvalue weighted by molar-refractivity contribution is 0.0940. The van der Waals surface area contributed by atoms with Gasteiger partial charge in [-0.3, -0.25) is 4.79 Å². The van der Waals surface area contributed by atoms with E-state index in [-0.39, 0.29) is 11.6 Å². The molecule has 0 saturated heterocycles. The molecule has 2 rings (SSSR count). The summed E-state index contributed by atoms with van der Waals surface area (Å²) in [6, 6.07) is 11.0. The van der Waals surface area contributed by atoms with E-state index >= 15 is 0 Å². The summed E-state index contributed by atoms with van der Waals surface area (Å²) in [5, 5.41) is 3.31. The van der Waals surface area contributed by atoms with Gasteiger partial charge in [-0.05, 0) is 48.9 Å². The van der Waals surface area contributed by atoms with Crippen molar-refractivity contribution in [2.75, 3.05) is 0 Å². The first-order valence-electron chi connectivity index (χ1n) is 6.90. The van der Waals surface area contributed by atoms with E-state index in [1.54, 1.807) is 31.2 Å². The van der Waals surface area contributed by atoms with E-state index in [1.165, 1.54) is 12.1 Å². The molecule has 0 aromatic heterocycles. The normalized spacial score (nSPS) is 12.9. The topological polar surface area (TPSA) is 63.2 Å². The lowest BCUT2D eigenvalue weighted by Crippen LogP contribution is -2.26. The van der Waals surface area contributed by atoms with E-state index in [1.807, 2.05) is 0 Å². The largest absolute Gasteiger partial charge is 0.346 e. The maximum absolute atomic E-state index is 12.5. The van der Waals surface area contributed by atoms with E-state index in [0.29, 0.717) is 5.02 Å². The number of carbonyl (C=O) groups excluding carboxylic acids is 1. The van der Waals surface area contributed by atoms with Crippen molar-refractivity contribution in [1.82, 2.24) is 5.32 Å². The molecule has 1 amide bonds. The Bertz CT molecular complexity index is 821. The summed E-state index contributed by atoms with van der Waals surface area (Å²) in [5.74, 6) is -3.94. The fourth-order valence-corrected chi connectivity index (χ4v) is 2.86. The number of rotatable bonds is 5. The zero-order valence-electron chi connectivity index (χ0n) is 12.5. The minimum atomic E-state index is -4.67. The summed E-state index contributed by atoms with van der Waals surface area (Å²) in [6.45, 7) is 1.77. The van der Waals surface area contributed by atoms with Crippen LogP contribution in [0.2, 0.25) is 5.02 Å². The van der Waals surface area contributed by atoms with Crippen molar-refractivity contribution in [3.8, 4) is 0 Å². The quantitative estimate of drug-likeness (QED) is 0.866. The van der Waals surface area contributed by atoms with Crippen molar-refractivity contribution in [3.63, 3.8) is 0 Å². The second-order valence-electron chi connectivity index (χ2n) is 5.08. The Balaban J connectivity index is 2.11. The fourth-order valence-electron chi connectivity index (χ4n) is 2.01. The van der Waals surface area contributed by atoms with Gasteiger partial charge < -0.3 is 5.32 Å². The molecule has 1 atom stereocenters. The van der Waals surface area contributed by atoms with E-state index in [4.69, 9.17) is 11.6 Å². The van der Waals surface area contributed by atoms with Gasteiger partial charge in [0.2, 0.25) is 9.84 Å². The number of hydrogen-bond acceptors (Lipinski definition) is 3. The Morgan fingerprint density at radius 2 is 1.58 bits per heavy atom. The van der Waals surface area contributed by atoms with Crippen molar-refractivity contribution in [2.45, 2.75) is 23.6 Å². The molecular weight excluding hydrogens is 360 g/mol. The number of halogens is 3. The average Bonchev–Trinajstić information content (AvgIpc) is 2.55. The van der Waals surface area contributed by atoms with Gasteiger partial charge in [0.05, 0.1) is 10.9 Å². The maximum atomic E-state index is 12.5. The van der Waals surface area contributed by atoms with E-state index < -0.39 is 26.4 Å². The van der Waals surface area contributed by atoms with Crippen LogP contribution in [0.4, 0.5) is 8.78 Å². The predicted octanol–water partition coefficient (Wildman–Crippen LogP) is 3.83. The molecule has 128 valence electrons. The highest BCUT2D eigenvalue weighted by atomic mass is 35.5. The van der Waals surface area contributed by atoms with Crippen molar-refractivity contribution >= 4 is 27.3 Å². The summed E-state index contributed by atoms with van der Waals surface area (Å²) in [7, 11) is -4.67. The van der Waals surface area contributed by atoms with Crippen LogP contribution in [0.5, 0.6) is 0 Å². The highest BCUT2D eigenvalue weighted by Crippen LogP contribution is 2.20. The molecular formula is C16H14ClF2NO3S. The van der Waals surface area contributed by atoms with E-state index in [2.05, 4.69) is 5.32 Å². The first-order valence-corrected chi connectivity index (χ1v) is 8.82. The molecule has 0 heterocycles. The molecule has 0 aliphatic carbocycles. The molecule has 0 fully saturated rings. The third-order valence-electron chi connectivity index (χ3n) is 3.40. The van der Waals surface area contributed by atoms with Gasteiger partial charge in [0.25, 0.3) is 5.91 Å². The van der Waals surface area contributed by atoms with Crippen LogP contribution in [0.3, 0.4) is 0 Å².